The molecule has 1 aliphatic heterocycles. The van der Waals surface area contributed by atoms with E-state index in [1.807, 2.05) is 37.3 Å². The van der Waals surface area contributed by atoms with Crippen LogP contribution in [0.5, 0.6) is 5.75 Å². The number of amides is 1. The van der Waals surface area contributed by atoms with Gasteiger partial charge in [-0.3, -0.25) is 9.78 Å². The number of hydrogen-bond acceptors (Lipinski definition) is 9. The molecule has 2 N–H and O–H groups in total. The third-order valence-electron chi connectivity index (χ3n) is 5.98. The van der Waals surface area contributed by atoms with Crippen LogP contribution in [0.4, 0.5) is 23.1 Å². The molecule has 37 heavy (non-hydrogen) atoms. The van der Waals surface area contributed by atoms with E-state index in [0.29, 0.717) is 41.9 Å². The zero-order valence-electron chi connectivity index (χ0n) is 20.6. The van der Waals surface area contributed by atoms with Gasteiger partial charge < -0.3 is 25.0 Å². The van der Waals surface area contributed by atoms with Gasteiger partial charge in [0.2, 0.25) is 5.95 Å². The van der Waals surface area contributed by atoms with Crippen molar-refractivity contribution in [3.05, 3.63) is 78.4 Å². The van der Waals surface area contributed by atoms with Crippen molar-refractivity contribution < 1.29 is 14.3 Å². The van der Waals surface area contributed by atoms with Crippen molar-refractivity contribution in [3.8, 4) is 17.0 Å². The smallest absolute Gasteiger partial charge is 0.255 e. The highest BCUT2D eigenvalue weighted by Crippen LogP contribution is 2.26. The van der Waals surface area contributed by atoms with Gasteiger partial charge in [-0.1, -0.05) is 6.07 Å². The molecule has 0 atom stereocenters. The highest BCUT2D eigenvalue weighted by atomic mass is 16.5. The summed E-state index contributed by atoms with van der Waals surface area (Å²) in [5.41, 5.74) is 4.47. The van der Waals surface area contributed by atoms with Crippen LogP contribution in [0.2, 0.25) is 0 Å². The number of ether oxygens (including phenoxy) is 2. The molecule has 1 aromatic carbocycles. The minimum Gasteiger partial charge on any atom is -0.495 e. The monoisotopic (exact) mass is 497 g/mol. The molecule has 188 valence electrons. The minimum atomic E-state index is -0.213. The fraction of sp³-hybridized carbons (Fsp3) is 0.222. The van der Waals surface area contributed by atoms with Crippen LogP contribution < -0.4 is 20.3 Å². The summed E-state index contributed by atoms with van der Waals surface area (Å²) >= 11 is 0. The summed E-state index contributed by atoms with van der Waals surface area (Å²) in [7, 11) is 1.60. The van der Waals surface area contributed by atoms with Crippen molar-refractivity contribution in [1.82, 2.24) is 19.9 Å². The van der Waals surface area contributed by atoms with Gasteiger partial charge in [0.15, 0.2) is 0 Å². The number of pyridine rings is 2. The summed E-state index contributed by atoms with van der Waals surface area (Å²) in [5.74, 6) is 1.63. The summed E-state index contributed by atoms with van der Waals surface area (Å²) in [5, 5.41) is 6.24. The Hall–Kier alpha value is -4.57. The van der Waals surface area contributed by atoms with Gasteiger partial charge in [-0.25, -0.2) is 15.0 Å². The largest absolute Gasteiger partial charge is 0.495 e. The molecule has 0 radical (unpaired) electrons. The molecule has 0 saturated carbocycles. The van der Waals surface area contributed by atoms with Crippen molar-refractivity contribution in [3.63, 3.8) is 0 Å². The van der Waals surface area contributed by atoms with Gasteiger partial charge in [-0.15, -0.1) is 0 Å². The first-order valence-electron chi connectivity index (χ1n) is 11.9. The summed E-state index contributed by atoms with van der Waals surface area (Å²) in [4.78, 5) is 32.7. The number of benzene rings is 1. The molecule has 1 saturated heterocycles. The van der Waals surface area contributed by atoms with Crippen molar-refractivity contribution in [2.75, 3.05) is 48.9 Å². The fourth-order valence-electron chi connectivity index (χ4n) is 3.93. The second-order valence-corrected chi connectivity index (χ2v) is 8.49. The number of carbonyl (C=O) groups excluding carboxylic acids is 1. The molecule has 1 fully saturated rings. The van der Waals surface area contributed by atoms with E-state index in [1.165, 1.54) is 0 Å². The average Bonchev–Trinajstić information content (AvgIpc) is 2.95. The lowest BCUT2D eigenvalue weighted by atomic mass is 10.1. The van der Waals surface area contributed by atoms with Crippen molar-refractivity contribution in [1.29, 1.82) is 0 Å². The van der Waals surface area contributed by atoms with E-state index >= 15 is 0 Å². The normalized spacial score (nSPS) is 13.2. The van der Waals surface area contributed by atoms with Crippen LogP contribution in [0.3, 0.4) is 0 Å². The summed E-state index contributed by atoms with van der Waals surface area (Å²) in [6.07, 6.45) is 6.70. The third-order valence-corrected chi connectivity index (χ3v) is 5.98. The molecule has 10 nitrogen and oxygen atoms in total. The molecular weight excluding hydrogens is 470 g/mol. The first-order chi connectivity index (χ1) is 18.1. The van der Waals surface area contributed by atoms with E-state index < -0.39 is 0 Å². The second kappa shape index (κ2) is 11.0. The van der Waals surface area contributed by atoms with E-state index in [4.69, 9.17) is 9.47 Å². The number of nitrogens with zero attached hydrogens (tertiary/aromatic N) is 5. The predicted molar refractivity (Wildman–Crippen MR) is 141 cm³/mol. The Morgan fingerprint density at radius 3 is 2.70 bits per heavy atom. The molecule has 0 aliphatic carbocycles. The number of carbonyl (C=O) groups is 1. The molecule has 5 rings (SSSR count). The molecule has 1 aliphatic rings. The molecule has 0 spiro atoms. The topological polar surface area (TPSA) is 114 Å². The SMILES string of the molecule is COc1cncc(-c2ccnc(Nc3cc(NC(=O)c4ccnc(N5CCOCC5)c4)ccc3C)n2)c1. The quantitative estimate of drug-likeness (QED) is 0.390. The summed E-state index contributed by atoms with van der Waals surface area (Å²) in [6, 6.07) is 12.8. The van der Waals surface area contributed by atoms with Gasteiger partial charge in [-0.05, 0) is 48.9 Å². The Balaban J connectivity index is 1.32. The molecule has 4 aromatic rings. The number of methoxy groups -OCH3 is 1. The number of aromatic nitrogens is 4. The number of nitrogens with one attached hydrogen (secondary N) is 2. The molecule has 0 bridgehead atoms. The molecule has 0 unspecified atom stereocenters. The minimum absolute atomic E-state index is 0.213. The highest BCUT2D eigenvalue weighted by Gasteiger charge is 2.15. The van der Waals surface area contributed by atoms with Crippen LogP contribution in [-0.2, 0) is 4.74 Å². The predicted octanol–water partition coefficient (Wildman–Crippen LogP) is 4.08. The lowest BCUT2D eigenvalue weighted by Crippen LogP contribution is -2.36. The first-order valence-corrected chi connectivity index (χ1v) is 11.9. The van der Waals surface area contributed by atoms with E-state index in [1.54, 1.807) is 44.0 Å². The summed E-state index contributed by atoms with van der Waals surface area (Å²) < 4.78 is 10.7. The zero-order chi connectivity index (χ0) is 25.6. The van der Waals surface area contributed by atoms with Crippen LogP contribution in [0, 0.1) is 6.92 Å². The Morgan fingerprint density at radius 2 is 1.86 bits per heavy atom. The number of morpholine rings is 1. The Morgan fingerprint density at radius 1 is 1.03 bits per heavy atom. The van der Waals surface area contributed by atoms with Crippen molar-refractivity contribution in [2.45, 2.75) is 6.92 Å². The van der Waals surface area contributed by atoms with Crippen LogP contribution in [0.1, 0.15) is 15.9 Å². The Labute approximate surface area is 214 Å². The molecule has 1 amide bonds. The van der Waals surface area contributed by atoms with Crippen LogP contribution in [-0.4, -0.2) is 59.3 Å². The van der Waals surface area contributed by atoms with E-state index in [2.05, 4.69) is 35.5 Å². The van der Waals surface area contributed by atoms with Gasteiger partial charge in [0, 0.05) is 54.2 Å². The summed E-state index contributed by atoms with van der Waals surface area (Å²) in [6.45, 7) is 4.78. The van der Waals surface area contributed by atoms with Gasteiger partial charge in [0.05, 0.1) is 32.2 Å². The van der Waals surface area contributed by atoms with Gasteiger partial charge in [-0.2, -0.15) is 0 Å². The number of aryl methyl sites for hydroxylation is 1. The Kier molecular flexibility index (Phi) is 7.18. The maximum absolute atomic E-state index is 13.0. The molecule has 10 heteroatoms. The number of hydrogen-bond donors (Lipinski definition) is 2. The van der Waals surface area contributed by atoms with E-state index in [0.717, 1.165) is 35.7 Å². The lowest BCUT2D eigenvalue weighted by molar-refractivity contribution is 0.102. The highest BCUT2D eigenvalue weighted by molar-refractivity contribution is 6.05. The average molecular weight is 498 g/mol. The van der Waals surface area contributed by atoms with E-state index in [9.17, 15) is 4.79 Å². The van der Waals surface area contributed by atoms with Gasteiger partial charge >= 0.3 is 0 Å². The number of anilines is 4. The van der Waals surface area contributed by atoms with Crippen LogP contribution >= 0.6 is 0 Å². The van der Waals surface area contributed by atoms with Crippen LogP contribution in [0.25, 0.3) is 11.3 Å². The molecular formula is C27H27N7O3. The molecule has 4 heterocycles. The van der Waals surface area contributed by atoms with E-state index in [-0.39, 0.29) is 5.91 Å². The van der Waals surface area contributed by atoms with Gasteiger partial charge in [0.25, 0.3) is 5.91 Å². The van der Waals surface area contributed by atoms with Crippen LogP contribution in [0.15, 0.2) is 67.3 Å². The maximum Gasteiger partial charge on any atom is 0.255 e. The van der Waals surface area contributed by atoms with Gasteiger partial charge in [0.1, 0.15) is 11.6 Å². The first kappa shape index (κ1) is 24.1. The number of rotatable bonds is 7. The van der Waals surface area contributed by atoms with Crippen molar-refractivity contribution >= 4 is 29.0 Å². The Bertz CT molecular complexity index is 1410. The molecule has 3 aromatic heterocycles. The third kappa shape index (κ3) is 5.81. The maximum atomic E-state index is 13.0. The second-order valence-electron chi connectivity index (χ2n) is 8.49. The fourth-order valence-corrected chi connectivity index (χ4v) is 3.93. The standard InChI is InChI=1S/C27H27N7O3/c1-18-3-4-21(31-26(35)19-5-7-29-25(14-19)34-9-11-37-12-10-34)15-24(18)33-27-30-8-6-23(32-27)20-13-22(36-2)17-28-16-20/h3-8,13-17H,9-12H2,1-2H3,(H,31,35)(H,30,32,33). The van der Waals surface area contributed by atoms with Crippen molar-refractivity contribution in [2.24, 2.45) is 0 Å². The zero-order valence-corrected chi connectivity index (χ0v) is 20.6. The lowest BCUT2D eigenvalue weighted by Gasteiger charge is -2.27.